The number of carbonyl (C=O) groups is 1. The smallest absolute Gasteiger partial charge is 0.230 e. The average Bonchev–Trinajstić information content (AvgIpc) is 3.03. The zero-order chi connectivity index (χ0) is 14.5. The lowest BCUT2D eigenvalue weighted by Gasteiger charge is -1.97. The molecule has 0 saturated carbocycles. The van der Waals surface area contributed by atoms with Crippen molar-refractivity contribution < 1.29 is 4.79 Å². The van der Waals surface area contributed by atoms with Gasteiger partial charge >= 0.3 is 0 Å². The summed E-state index contributed by atoms with van der Waals surface area (Å²) in [6.07, 6.45) is 0. The van der Waals surface area contributed by atoms with Crippen LogP contribution in [0.15, 0.2) is 65.8 Å². The maximum atomic E-state index is 12.2. The second-order valence-corrected chi connectivity index (χ2v) is 5.41. The Balaban J connectivity index is 1.68. The molecule has 1 N–H and O–H groups in total. The first kappa shape index (κ1) is 13.6. The highest BCUT2D eigenvalue weighted by Gasteiger charge is 2.13. The van der Waals surface area contributed by atoms with Gasteiger partial charge in [-0.05, 0) is 5.56 Å². The number of nitrogens with one attached hydrogen (secondary N) is 1. The molecular formula is C16H13N3OS. The van der Waals surface area contributed by atoms with E-state index in [2.05, 4.69) is 27.3 Å². The van der Waals surface area contributed by atoms with E-state index in [1.165, 1.54) is 17.3 Å². The maximum absolute atomic E-state index is 12.2. The first-order valence-electron chi connectivity index (χ1n) is 6.52. The molecule has 0 aliphatic heterocycles. The van der Waals surface area contributed by atoms with E-state index in [1.54, 1.807) is 12.1 Å². The van der Waals surface area contributed by atoms with Gasteiger partial charge in [-0.1, -0.05) is 72.4 Å². The van der Waals surface area contributed by atoms with Crippen molar-refractivity contribution in [3.8, 4) is 0 Å². The molecule has 0 radical (unpaired) electrons. The van der Waals surface area contributed by atoms with Crippen LogP contribution in [0.2, 0.25) is 0 Å². The van der Waals surface area contributed by atoms with E-state index >= 15 is 0 Å². The van der Waals surface area contributed by atoms with Crippen molar-refractivity contribution in [3.63, 3.8) is 0 Å². The predicted octanol–water partition coefficient (Wildman–Crippen LogP) is 3.33. The van der Waals surface area contributed by atoms with Crippen molar-refractivity contribution in [2.45, 2.75) is 10.9 Å². The van der Waals surface area contributed by atoms with Crippen molar-refractivity contribution in [1.82, 2.24) is 15.2 Å². The molecule has 21 heavy (non-hydrogen) atoms. The molecular weight excluding hydrogens is 282 g/mol. The van der Waals surface area contributed by atoms with Crippen LogP contribution in [0.25, 0.3) is 0 Å². The Morgan fingerprint density at radius 1 is 0.952 bits per heavy atom. The highest BCUT2D eigenvalue weighted by Crippen LogP contribution is 2.19. The molecule has 0 bridgehead atoms. The van der Waals surface area contributed by atoms with Gasteiger partial charge in [-0.25, -0.2) is 0 Å². The number of benzene rings is 2. The third-order valence-corrected chi connectivity index (χ3v) is 3.87. The molecule has 3 rings (SSSR count). The Labute approximate surface area is 126 Å². The largest absolute Gasteiger partial charge is 0.313 e. The Hall–Kier alpha value is -2.40. The minimum absolute atomic E-state index is 0.144. The standard InChI is InChI=1S/C16H13N3OS/c20-14(13-9-5-2-6-10-13)15-17-16(19-18-15)21-11-12-7-3-1-4-8-12/h1-10H,11H2,(H,17,18,19). The van der Waals surface area contributed by atoms with Gasteiger partial charge in [0.15, 0.2) is 5.16 Å². The molecule has 0 fully saturated rings. The molecule has 0 saturated heterocycles. The molecule has 4 nitrogen and oxygen atoms in total. The number of hydrogen-bond acceptors (Lipinski definition) is 4. The molecule has 104 valence electrons. The molecule has 2 aromatic carbocycles. The van der Waals surface area contributed by atoms with Gasteiger partial charge in [-0.15, -0.1) is 10.2 Å². The number of hydrogen-bond donors (Lipinski definition) is 1. The summed E-state index contributed by atoms with van der Waals surface area (Å²) in [5.74, 6) is 0.918. The second kappa shape index (κ2) is 6.37. The number of aromatic amines is 1. The highest BCUT2D eigenvalue weighted by atomic mass is 32.2. The number of ketones is 1. The molecule has 0 aliphatic carbocycles. The van der Waals surface area contributed by atoms with Gasteiger partial charge in [0.05, 0.1) is 0 Å². The van der Waals surface area contributed by atoms with Crippen molar-refractivity contribution in [2.75, 3.05) is 0 Å². The fraction of sp³-hybridized carbons (Fsp3) is 0.0625. The molecule has 5 heteroatoms. The topological polar surface area (TPSA) is 58.6 Å². The first-order valence-corrected chi connectivity index (χ1v) is 7.50. The summed E-state index contributed by atoms with van der Waals surface area (Å²) in [6, 6.07) is 19.2. The Bertz CT molecular complexity index is 726. The molecule has 0 aliphatic rings. The quantitative estimate of drug-likeness (QED) is 0.579. The normalized spacial score (nSPS) is 10.5. The van der Waals surface area contributed by atoms with E-state index in [4.69, 9.17) is 0 Å². The lowest BCUT2D eigenvalue weighted by molar-refractivity contribution is 0.102. The van der Waals surface area contributed by atoms with Crippen LogP contribution in [0.3, 0.4) is 0 Å². The predicted molar refractivity (Wildman–Crippen MR) is 82.3 cm³/mol. The lowest BCUT2D eigenvalue weighted by Crippen LogP contribution is -2.03. The van der Waals surface area contributed by atoms with E-state index in [9.17, 15) is 4.79 Å². The van der Waals surface area contributed by atoms with Gasteiger partial charge in [0.25, 0.3) is 0 Å². The zero-order valence-corrected chi connectivity index (χ0v) is 12.0. The maximum Gasteiger partial charge on any atom is 0.230 e. The molecule has 1 heterocycles. The monoisotopic (exact) mass is 295 g/mol. The Kier molecular flexibility index (Phi) is 4.12. The molecule has 3 aromatic rings. The summed E-state index contributed by atoms with van der Waals surface area (Å²) in [7, 11) is 0. The van der Waals surface area contributed by atoms with Gasteiger partial charge in [-0.3, -0.25) is 4.79 Å². The minimum atomic E-state index is -0.144. The van der Waals surface area contributed by atoms with Crippen LogP contribution in [0, 0.1) is 0 Å². The van der Waals surface area contributed by atoms with Crippen LogP contribution in [0.5, 0.6) is 0 Å². The molecule has 0 atom stereocenters. The van der Waals surface area contributed by atoms with Crippen LogP contribution in [0.1, 0.15) is 21.7 Å². The van der Waals surface area contributed by atoms with Crippen molar-refractivity contribution in [3.05, 3.63) is 77.6 Å². The van der Waals surface area contributed by atoms with Gasteiger partial charge in [0.2, 0.25) is 11.6 Å². The van der Waals surface area contributed by atoms with Crippen LogP contribution < -0.4 is 0 Å². The molecule has 0 spiro atoms. The number of carbonyl (C=O) groups excluding carboxylic acids is 1. The average molecular weight is 295 g/mol. The fourth-order valence-electron chi connectivity index (χ4n) is 1.87. The summed E-state index contributed by atoms with van der Waals surface area (Å²) in [6.45, 7) is 0. The lowest BCUT2D eigenvalue weighted by atomic mass is 10.1. The van der Waals surface area contributed by atoms with E-state index < -0.39 is 0 Å². The van der Waals surface area contributed by atoms with Crippen molar-refractivity contribution in [1.29, 1.82) is 0 Å². The van der Waals surface area contributed by atoms with Crippen molar-refractivity contribution >= 4 is 17.5 Å². The highest BCUT2D eigenvalue weighted by molar-refractivity contribution is 7.98. The van der Waals surface area contributed by atoms with Crippen molar-refractivity contribution in [2.24, 2.45) is 0 Å². The Morgan fingerprint density at radius 3 is 2.33 bits per heavy atom. The summed E-state index contributed by atoms with van der Waals surface area (Å²) in [4.78, 5) is 15.2. The van der Waals surface area contributed by atoms with Crippen LogP contribution in [-0.2, 0) is 5.75 Å². The van der Waals surface area contributed by atoms with Crippen LogP contribution in [-0.4, -0.2) is 21.0 Å². The molecule has 1 aromatic heterocycles. The van der Waals surface area contributed by atoms with Crippen LogP contribution in [0.4, 0.5) is 0 Å². The fourth-order valence-corrected chi connectivity index (χ4v) is 2.63. The Morgan fingerprint density at radius 2 is 1.62 bits per heavy atom. The van der Waals surface area contributed by atoms with E-state index in [0.29, 0.717) is 10.7 Å². The van der Waals surface area contributed by atoms with E-state index in [-0.39, 0.29) is 11.6 Å². The summed E-state index contributed by atoms with van der Waals surface area (Å²) >= 11 is 1.53. The van der Waals surface area contributed by atoms with Gasteiger partial charge in [0.1, 0.15) is 0 Å². The van der Waals surface area contributed by atoms with E-state index in [0.717, 1.165) is 5.75 Å². The minimum Gasteiger partial charge on any atom is -0.313 e. The third-order valence-electron chi connectivity index (χ3n) is 2.94. The summed E-state index contributed by atoms with van der Waals surface area (Å²) < 4.78 is 0. The third kappa shape index (κ3) is 3.38. The number of H-pyrrole nitrogens is 1. The van der Waals surface area contributed by atoms with Gasteiger partial charge in [-0.2, -0.15) is 0 Å². The number of thioether (sulfide) groups is 1. The number of nitrogens with zero attached hydrogens (tertiary/aromatic N) is 2. The van der Waals surface area contributed by atoms with Gasteiger partial charge in [0, 0.05) is 11.3 Å². The van der Waals surface area contributed by atoms with Gasteiger partial charge < -0.3 is 4.98 Å². The van der Waals surface area contributed by atoms with Crippen LogP contribution >= 0.6 is 11.8 Å². The summed E-state index contributed by atoms with van der Waals surface area (Å²) in [5, 5.41) is 8.59. The zero-order valence-electron chi connectivity index (χ0n) is 11.2. The second-order valence-electron chi connectivity index (χ2n) is 4.45. The summed E-state index contributed by atoms with van der Waals surface area (Å²) in [5.41, 5.74) is 1.81. The van der Waals surface area contributed by atoms with E-state index in [1.807, 2.05) is 36.4 Å². The first-order chi connectivity index (χ1) is 10.3. The number of aromatic nitrogens is 3. The number of rotatable bonds is 5. The molecule has 0 amide bonds. The molecule has 0 unspecified atom stereocenters. The SMILES string of the molecule is O=C(c1ccccc1)c1nnc(SCc2ccccc2)[nH]1.